The molecule has 0 aromatic rings. The lowest BCUT2D eigenvalue weighted by atomic mass is 9.69. The van der Waals surface area contributed by atoms with E-state index in [9.17, 15) is 10.2 Å². The van der Waals surface area contributed by atoms with Crippen LogP contribution in [0.15, 0.2) is 0 Å². The predicted molar refractivity (Wildman–Crippen MR) is 69.5 cm³/mol. The SMILES string of the molecule is CC(C)[C@H]1CCC2C[C@H](C(C)C)C(O)C2C1O. The lowest BCUT2D eigenvalue weighted by Crippen LogP contribution is -2.44. The minimum atomic E-state index is -0.285. The Labute approximate surface area is 105 Å². The van der Waals surface area contributed by atoms with Crippen LogP contribution in [0.4, 0.5) is 0 Å². The van der Waals surface area contributed by atoms with Gasteiger partial charge in [0.2, 0.25) is 0 Å². The Kier molecular flexibility index (Phi) is 3.84. The first-order chi connectivity index (χ1) is 7.93. The molecule has 0 spiro atoms. The van der Waals surface area contributed by atoms with E-state index in [-0.39, 0.29) is 18.1 Å². The van der Waals surface area contributed by atoms with Gasteiger partial charge in [-0.2, -0.15) is 0 Å². The topological polar surface area (TPSA) is 40.5 Å². The van der Waals surface area contributed by atoms with Crippen molar-refractivity contribution in [2.75, 3.05) is 0 Å². The number of hydrogen-bond donors (Lipinski definition) is 2. The first-order valence-electron chi connectivity index (χ1n) is 7.29. The molecule has 0 radical (unpaired) electrons. The quantitative estimate of drug-likeness (QED) is 0.779. The molecule has 4 unspecified atom stereocenters. The zero-order chi connectivity index (χ0) is 12.7. The first-order valence-corrected chi connectivity index (χ1v) is 7.29. The number of rotatable bonds is 2. The Balaban J connectivity index is 2.13. The highest BCUT2D eigenvalue weighted by Crippen LogP contribution is 2.50. The summed E-state index contributed by atoms with van der Waals surface area (Å²) in [5.41, 5.74) is 0. The summed E-state index contributed by atoms with van der Waals surface area (Å²) in [6.07, 6.45) is 2.89. The van der Waals surface area contributed by atoms with Crippen LogP contribution in [0.5, 0.6) is 0 Å². The van der Waals surface area contributed by atoms with Crippen LogP contribution in [0, 0.1) is 35.5 Å². The molecule has 17 heavy (non-hydrogen) atoms. The molecule has 0 amide bonds. The van der Waals surface area contributed by atoms with E-state index in [0.29, 0.717) is 29.6 Å². The summed E-state index contributed by atoms with van der Waals surface area (Å²) < 4.78 is 0. The summed E-state index contributed by atoms with van der Waals surface area (Å²) in [7, 11) is 0. The van der Waals surface area contributed by atoms with Crippen LogP contribution in [-0.2, 0) is 0 Å². The standard InChI is InChI=1S/C15H28O2/c1-8(2)11-6-5-10-7-12(9(3)4)15(17)13(10)14(11)16/h8-17H,5-7H2,1-4H3/t10?,11-,12-,13?,14?,15?/m1/s1. The number of aliphatic hydroxyl groups is 2. The van der Waals surface area contributed by atoms with E-state index in [2.05, 4.69) is 27.7 Å². The Morgan fingerprint density at radius 2 is 1.35 bits per heavy atom. The molecule has 2 aliphatic rings. The molecule has 2 saturated carbocycles. The largest absolute Gasteiger partial charge is 0.392 e. The molecule has 2 nitrogen and oxygen atoms in total. The maximum atomic E-state index is 10.5. The normalized spacial score (nSPS) is 46.6. The molecule has 0 aliphatic heterocycles. The van der Waals surface area contributed by atoms with Crippen LogP contribution >= 0.6 is 0 Å². The highest BCUT2D eigenvalue weighted by Gasteiger charge is 2.50. The van der Waals surface area contributed by atoms with Gasteiger partial charge in [0.25, 0.3) is 0 Å². The molecular weight excluding hydrogens is 212 g/mol. The Morgan fingerprint density at radius 3 is 1.88 bits per heavy atom. The third-order valence-electron chi connectivity index (χ3n) is 5.37. The highest BCUT2D eigenvalue weighted by molar-refractivity contribution is 5.00. The van der Waals surface area contributed by atoms with Gasteiger partial charge in [0.05, 0.1) is 12.2 Å². The molecule has 2 aliphatic carbocycles. The molecule has 2 fully saturated rings. The molecule has 2 rings (SSSR count). The van der Waals surface area contributed by atoms with Gasteiger partial charge < -0.3 is 10.2 Å². The predicted octanol–water partition coefficient (Wildman–Crippen LogP) is 2.68. The van der Waals surface area contributed by atoms with E-state index in [4.69, 9.17) is 0 Å². The third-order valence-corrected chi connectivity index (χ3v) is 5.37. The van der Waals surface area contributed by atoms with E-state index < -0.39 is 0 Å². The maximum absolute atomic E-state index is 10.5. The van der Waals surface area contributed by atoms with Gasteiger partial charge in [-0.15, -0.1) is 0 Å². The summed E-state index contributed by atoms with van der Waals surface area (Å²) in [6, 6.07) is 0. The first kappa shape index (κ1) is 13.4. The van der Waals surface area contributed by atoms with E-state index in [0.717, 1.165) is 12.8 Å². The molecule has 0 saturated heterocycles. The van der Waals surface area contributed by atoms with Crippen molar-refractivity contribution in [3.8, 4) is 0 Å². The van der Waals surface area contributed by atoms with Crippen molar-refractivity contribution in [3.63, 3.8) is 0 Å². The molecule has 0 bridgehead atoms. The van der Waals surface area contributed by atoms with Gasteiger partial charge in [-0.05, 0) is 48.9 Å². The van der Waals surface area contributed by atoms with Crippen LogP contribution in [0.1, 0.15) is 47.0 Å². The summed E-state index contributed by atoms with van der Waals surface area (Å²) in [4.78, 5) is 0. The fourth-order valence-corrected chi connectivity index (χ4v) is 4.26. The van der Waals surface area contributed by atoms with E-state index >= 15 is 0 Å². The third kappa shape index (κ3) is 2.26. The van der Waals surface area contributed by atoms with Gasteiger partial charge in [-0.3, -0.25) is 0 Å². The number of aliphatic hydroxyl groups excluding tert-OH is 2. The second-order valence-electron chi connectivity index (χ2n) is 6.95. The van der Waals surface area contributed by atoms with E-state index in [1.54, 1.807) is 0 Å². The van der Waals surface area contributed by atoms with Gasteiger partial charge in [0, 0.05) is 5.92 Å². The molecule has 0 aromatic heterocycles. The van der Waals surface area contributed by atoms with Gasteiger partial charge in [-0.1, -0.05) is 27.7 Å². The Hall–Kier alpha value is -0.0800. The maximum Gasteiger partial charge on any atom is 0.0626 e. The van der Waals surface area contributed by atoms with Crippen LogP contribution in [0.25, 0.3) is 0 Å². The van der Waals surface area contributed by atoms with Crippen molar-refractivity contribution >= 4 is 0 Å². The summed E-state index contributed by atoms with van der Waals surface area (Å²) >= 11 is 0. The minimum Gasteiger partial charge on any atom is -0.392 e. The summed E-state index contributed by atoms with van der Waals surface area (Å²) in [6.45, 7) is 8.76. The number of hydrogen-bond acceptors (Lipinski definition) is 2. The van der Waals surface area contributed by atoms with Crippen LogP contribution in [-0.4, -0.2) is 22.4 Å². The molecule has 0 heterocycles. The van der Waals surface area contributed by atoms with Crippen LogP contribution in [0.2, 0.25) is 0 Å². The zero-order valence-corrected chi connectivity index (χ0v) is 11.6. The van der Waals surface area contributed by atoms with Crippen LogP contribution < -0.4 is 0 Å². The molecular formula is C15H28O2. The summed E-state index contributed by atoms with van der Waals surface area (Å²) in [5, 5.41) is 21.0. The van der Waals surface area contributed by atoms with Crippen molar-refractivity contribution in [1.82, 2.24) is 0 Å². The fourth-order valence-electron chi connectivity index (χ4n) is 4.26. The van der Waals surface area contributed by atoms with Gasteiger partial charge in [0.15, 0.2) is 0 Å². The van der Waals surface area contributed by atoms with Crippen LogP contribution in [0.3, 0.4) is 0 Å². The zero-order valence-electron chi connectivity index (χ0n) is 11.6. The lowest BCUT2D eigenvalue weighted by Gasteiger charge is -2.40. The van der Waals surface area contributed by atoms with Crippen molar-refractivity contribution in [2.24, 2.45) is 35.5 Å². The summed E-state index contributed by atoms with van der Waals surface area (Å²) in [5.74, 6) is 2.53. The number of fused-ring (bicyclic) bond motifs is 1. The van der Waals surface area contributed by atoms with E-state index in [1.165, 1.54) is 6.42 Å². The Bertz CT molecular complexity index is 256. The van der Waals surface area contributed by atoms with Crippen molar-refractivity contribution in [2.45, 2.75) is 59.2 Å². The van der Waals surface area contributed by atoms with Crippen molar-refractivity contribution in [1.29, 1.82) is 0 Å². The van der Waals surface area contributed by atoms with Crippen molar-refractivity contribution in [3.05, 3.63) is 0 Å². The lowest BCUT2D eigenvalue weighted by molar-refractivity contribution is -0.0675. The smallest absolute Gasteiger partial charge is 0.0626 e. The van der Waals surface area contributed by atoms with Crippen molar-refractivity contribution < 1.29 is 10.2 Å². The Morgan fingerprint density at radius 1 is 0.824 bits per heavy atom. The molecule has 100 valence electrons. The molecule has 2 heteroatoms. The average Bonchev–Trinajstić information content (AvgIpc) is 2.56. The van der Waals surface area contributed by atoms with Gasteiger partial charge >= 0.3 is 0 Å². The second kappa shape index (κ2) is 4.89. The highest BCUT2D eigenvalue weighted by atomic mass is 16.3. The minimum absolute atomic E-state index is 0.142. The molecule has 0 aromatic carbocycles. The van der Waals surface area contributed by atoms with E-state index in [1.807, 2.05) is 0 Å². The van der Waals surface area contributed by atoms with Gasteiger partial charge in [0.1, 0.15) is 0 Å². The fraction of sp³-hybridized carbons (Fsp3) is 1.00. The monoisotopic (exact) mass is 240 g/mol. The molecule has 2 N–H and O–H groups in total. The molecule has 6 atom stereocenters. The average molecular weight is 240 g/mol. The van der Waals surface area contributed by atoms with Gasteiger partial charge in [-0.25, -0.2) is 0 Å². The second-order valence-corrected chi connectivity index (χ2v) is 6.95.